The molecule has 1 fully saturated rings. The number of ether oxygens (including phenoxy) is 2. The standard InChI is InChI=1S/C17H25NO3/c1-3-21-16-10-8-14(9-11-16)12-18(13-17(19)20-2)15-6-4-5-7-15/h8-11,15H,3-7,12-13H2,1-2H3. The van der Waals surface area contributed by atoms with Crippen molar-refractivity contribution in [2.45, 2.75) is 45.2 Å². The van der Waals surface area contributed by atoms with Crippen LogP contribution in [0.1, 0.15) is 38.2 Å². The van der Waals surface area contributed by atoms with Gasteiger partial charge in [0, 0.05) is 12.6 Å². The lowest BCUT2D eigenvalue weighted by Gasteiger charge is -2.27. The second-order valence-corrected chi connectivity index (χ2v) is 5.50. The quantitative estimate of drug-likeness (QED) is 0.724. The molecule has 0 spiro atoms. The number of carbonyl (C=O) groups is 1. The second-order valence-electron chi connectivity index (χ2n) is 5.50. The fraction of sp³-hybridized carbons (Fsp3) is 0.588. The summed E-state index contributed by atoms with van der Waals surface area (Å²) in [6, 6.07) is 8.62. The maximum Gasteiger partial charge on any atom is 0.319 e. The number of hydrogen-bond acceptors (Lipinski definition) is 4. The zero-order valence-electron chi connectivity index (χ0n) is 13.0. The van der Waals surface area contributed by atoms with Gasteiger partial charge in [-0.25, -0.2) is 0 Å². The lowest BCUT2D eigenvalue weighted by molar-refractivity contribution is -0.142. The Bertz CT molecular complexity index is 438. The van der Waals surface area contributed by atoms with Gasteiger partial charge in [0.1, 0.15) is 5.75 Å². The predicted octanol–water partition coefficient (Wildman–Crippen LogP) is 3.00. The lowest BCUT2D eigenvalue weighted by Crippen LogP contribution is -2.37. The third-order valence-corrected chi connectivity index (χ3v) is 4.02. The highest BCUT2D eigenvalue weighted by atomic mass is 16.5. The van der Waals surface area contributed by atoms with Gasteiger partial charge < -0.3 is 9.47 Å². The van der Waals surface area contributed by atoms with E-state index in [1.165, 1.54) is 38.4 Å². The molecule has 1 saturated carbocycles. The maximum atomic E-state index is 11.6. The van der Waals surface area contributed by atoms with Crippen molar-refractivity contribution in [3.05, 3.63) is 29.8 Å². The van der Waals surface area contributed by atoms with Crippen LogP contribution in [0.25, 0.3) is 0 Å². The number of carbonyl (C=O) groups excluding carboxylic acids is 1. The maximum absolute atomic E-state index is 11.6. The SMILES string of the molecule is CCOc1ccc(CN(CC(=O)OC)C2CCCC2)cc1. The molecule has 1 aromatic rings. The molecule has 0 aromatic heterocycles. The van der Waals surface area contributed by atoms with Crippen molar-refractivity contribution in [3.63, 3.8) is 0 Å². The van der Waals surface area contributed by atoms with Gasteiger partial charge in [-0.15, -0.1) is 0 Å². The number of rotatable bonds is 7. The molecule has 1 aliphatic carbocycles. The number of esters is 1. The molecule has 4 nitrogen and oxygen atoms in total. The van der Waals surface area contributed by atoms with Gasteiger partial charge in [-0.1, -0.05) is 25.0 Å². The Morgan fingerprint density at radius 2 is 1.90 bits per heavy atom. The van der Waals surface area contributed by atoms with Crippen LogP contribution in [-0.2, 0) is 16.1 Å². The van der Waals surface area contributed by atoms with Crippen LogP contribution >= 0.6 is 0 Å². The van der Waals surface area contributed by atoms with Crippen LogP contribution in [-0.4, -0.2) is 37.2 Å². The first-order valence-corrected chi connectivity index (χ1v) is 7.75. The molecule has 0 saturated heterocycles. The van der Waals surface area contributed by atoms with Crippen molar-refractivity contribution in [2.24, 2.45) is 0 Å². The zero-order chi connectivity index (χ0) is 15.1. The number of hydrogen-bond donors (Lipinski definition) is 0. The smallest absolute Gasteiger partial charge is 0.319 e. The Morgan fingerprint density at radius 3 is 2.48 bits per heavy atom. The Hall–Kier alpha value is -1.55. The summed E-state index contributed by atoms with van der Waals surface area (Å²) in [5, 5.41) is 0. The molecule has 0 unspecified atom stereocenters. The average Bonchev–Trinajstić information content (AvgIpc) is 3.03. The lowest BCUT2D eigenvalue weighted by atomic mass is 10.1. The third-order valence-electron chi connectivity index (χ3n) is 4.02. The van der Waals surface area contributed by atoms with Crippen LogP contribution in [0.4, 0.5) is 0 Å². The topological polar surface area (TPSA) is 38.8 Å². The molecule has 0 atom stereocenters. The van der Waals surface area contributed by atoms with Crippen molar-refractivity contribution < 1.29 is 14.3 Å². The molecule has 0 bridgehead atoms. The van der Waals surface area contributed by atoms with Gasteiger partial charge in [0.2, 0.25) is 0 Å². The van der Waals surface area contributed by atoms with Gasteiger partial charge in [0.15, 0.2) is 0 Å². The molecule has 0 aliphatic heterocycles. The largest absolute Gasteiger partial charge is 0.494 e. The van der Waals surface area contributed by atoms with Crippen molar-refractivity contribution in [1.82, 2.24) is 4.90 Å². The molecule has 1 aliphatic rings. The summed E-state index contributed by atoms with van der Waals surface area (Å²) >= 11 is 0. The van der Waals surface area contributed by atoms with Crippen LogP contribution in [0.15, 0.2) is 24.3 Å². The highest BCUT2D eigenvalue weighted by molar-refractivity contribution is 5.71. The fourth-order valence-corrected chi connectivity index (χ4v) is 2.91. The summed E-state index contributed by atoms with van der Waals surface area (Å²) in [7, 11) is 1.45. The Morgan fingerprint density at radius 1 is 1.24 bits per heavy atom. The molecule has 2 rings (SSSR count). The first kappa shape index (κ1) is 15.8. The summed E-state index contributed by atoms with van der Waals surface area (Å²) in [4.78, 5) is 13.9. The molecule has 0 amide bonds. The van der Waals surface area contributed by atoms with E-state index in [1.807, 2.05) is 19.1 Å². The van der Waals surface area contributed by atoms with Crippen molar-refractivity contribution in [2.75, 3.05) is 20.3 Å². The molecule has 4 heteroatoms. The summed E-state index contributed by atoms with van der Waals surface area (Å²) in [6.07, 6.45) is 4.86. The Balaban J connectivity index is 2.00. The van der Waals surface area contributed by atoms with E-state index in [4.69, 9.17) is 9.47 Å². The summed E-state index contributed by atoms with van der Waals surface area (Å²) in [6.45, 7) is 3.81. The molecular formula is C17H25NO3. The number of benzene rings is 1. The number of nitrogens with zero attached hydrogens (tertiary/aromatic N) is 1. The highest BCUT2D eigenvalue weighted by Crippen LogP contribution is 2.25. The first-order chi connectivity index (χ1) is 10.2. The Labute approximate surface area is 127 Å². The Kier molecular flexibility index (Phi) is 6.05. The minimum atomic E-state index is -0.159. The van der Waals surface area contributed by atoms with E-state index in [0.717, 1.165) is 12.3 Å². The van der Waals surface area contributed by atoms with Crippen LogP contribution in [0.2, 0.25) is 0 Å². The van der Waals surface area contributed by atoms with E-state index in [-0.39, 0.29) is 5.97 Å². The molecule has 0 N–H and O–H groups in total. The van der Waals surface area contributed by atoms with Gasteiger partial charge in [-0.05, 0) is 37.5 Å². The van der Waals surface area contributed by atoms with Crippen LogP contribution in [0.3, 0.4) is 0 Å². The van der Waals surface area contributed by atoms with Gasteiger partial charge in [0.25, 0.3) is 0 Å². The molecule has 116 valence electrons. The molecular weight excluding hydrogens is 266 g/mol. The minimum absolute atomic E-state index is 0.159. The van der Waals surface area contributed by atoms with E-state index >= 15 is 0 Å². The van der Waals surface area contributed by atoms with Crippen molar-refractivity contribution in [1.29, 1.82) is 0 Å². The highest BCUT2D eigenvalue weighted by Gasteiger charge is 2.24. The summed E-state index contributed by atoms with van der Waals surface area (Å²) in [5.41, 5.74) is 1.20. The normalized spacial score (nSPS) is 15.4. The van der Waals surface area contributed by atoms with Crippen molar-refractivity contribution in [3.8, 4) is 5.75 Å². The van der Waals surface area contributed by atoms with Gasteiger partial charge in [-0.2, -0.15) is 0 Å². The zero-order valence-corrected chi connectivity index (χ0v) is 13.0. The van der Waals surface area contributed by atoms with Crippen LogP contribution < -0.4 is 4.74 Å². The minimum Gasteiger partial charge on any atom is -0.494 e. The van der Waals surface area contributed by atoms with E-state index in [2.05, 4.69) is 17.0 Å². The second kappa shape index (κ2) is 8.03. The van der Waals surface area contributed by atoms with Gasteiger partial charge in [-0.3, -0.25) is 9.69 Å². The van der Waals surface area contributed by atoms with Gasteiger partial charge >= 0.3 is 5.97 Å². The summed E-state index contributed by atoms with van der Waals surface area (Å²) < 4.78 is 10.3. The molecule has 0 radical (unpaired) electrons. The average molecular weight is 291 g/mol. The van der Waals surface area contributed by atoms with Gasteiger partial charge in [0.05, 0.1) is 20.3 Å². The van der Waals surface area contributed by atoms with E-state index in [9.17, 15) is 4.79 Å². The van der Waals surface area contributed by atoms with E-state index in [0.29, 0.717) is 19.2 Å². The van der Waals surface area contributed by atoms with Crippen LogP contribution in [0, 0.1) is 0 Å². The summed E-state index contributed by atoms with van der Waals surface area (Å²) in [5.74, 6) is 0.731. The van der Waals surface area contributed by atoms with E-state index < -0.39 is 0 Å². The van der Waals surface area contributed by atoms with E-state index in [1.54, 1.807) is 0 Å². The molecule has 21 heavy (non-hydrogen) atoms. The number of methoxy groups -OCH3 is 1. The molecule has 0 heterocycles. The predicted molar refractivity (Wildman–Crippen MR) is 82.3 cm³/mol. The van der Waals surface area contributed by atoms with Crippen LogP contribution in [0.5, 0.6) is 5.75 Å². The first-order valence-electron chi connectivity index (χ1n) is 7.75. The third kappa shape index (κ3) is 4.74. The fourth-order valence-electron chi connectivity index (χ4n) is 2.91. The monoisotopic (exact) mass is 291 g/mol. The van der Waals surface area contributed by atoms with Crippen molar-refractivity contribution >= 4 is 5.97 Å². The molecule has 1 aromatic carbocycles.